The third kappa shape index (κ3) is 3.66. The molecular weight excluding hydrogens is 562 g/mol. The van der Waals surface area contributed by atoms with E-state index in [4.69, 9.17) is 8.83 Å². The van der Waals surface area contributed by atoms with Crippen molar-refractivity contribution in [2.45, 2.75) is 19.3 Å². The van der Waals surface area contributed by atoms with Gasteiger partial charge in [-0.15, -0.1) is 0 Å². The Morgan fingerprint density at radius 3 is 2.02 bits per heavy atom. The van der Waals surface area contributed by atoms with Crippen LogP contribution >= 0.6 is 0 Å². The number of rotatable bonds is 3. The lowest BCUT2D eigenvalue weighted by Crippen LogP contribution is -1.96. The summed E-state index contributed by atoms with van der Waals surface area (Å²) in [7, 11) is 0. The molecule has 1 unspecified atom stereocenters. The number of nitrogens with zero attached hydrogens (tertiary/aromatic N) is 1. The molecule has 3 heteroatoms. The molecule has 46 heavy (non-hydrogen) atoms. The van der Waals surface area contributed by atoms with Gasteiger partial charge in [-0.25, -0.2) is 0 Å². The lowest BCUT2D eigenvalue weighted by atomic mass is 9.93. The molecule has 6 aromatic carbocycles. The first-order valence-corrected chi connectivity index (χ1v) is 16.0. The molecule has 0 fully saturated rings. The molecule has 0 N–H and O–H groups in total. The Morgan fingerprint density at radius 2 is 1.20 bits per heavy atom. The molecule has 0 saturated carbocycles. The van der Waals surface area contributed by atoms with Crippen molar-refractivity contribution in [3.8, 4) is 27.9 Å². The molecule has 0 spiro atoms. The monoisotopic (exact) mass is 591 g/mol. The van der Waals surface area contributed by atoms with Crippen LogP contribution < -0.4 is 0 Å². The Bertz CT molecular complexity index is 2660. The van der Waals surface area contributed by atoms with E-state index >= 15 is 0 Å². The van der Waals surface area contributed by atoms with Crippen molar-refractivity contribution in [2.75, 3.05) is 0 Å². The van der Waals surface area contributed by atoms with E-state index < -0.39 is 0 Å². The summed E-state index contributed by atoms with van der Waals surface area (Å²) in [4.78, 5) is 0. The average molecular weight is 592 g/mol. The van der Waals surface area contributed by atoms with Crippen LogP contribution in [0, 0.1) is 0 Å². The van der Waals surface area contributed by atoms with Gasteiger partial charge in [0.05, 0.1) is 11.0 Å². The zero-order chi connectivity index (χ0) is 30.4. The molecule has 10 rings (SSSR count). The van der Waals surface area contributed by atoms with Gasteiger partial charge in [-0.3, -0.25) is 0 Å². The van der Waals surface area contributed by atoms with Crippen molar-refractivity contribution < 1.29 is 8.83 Å². The minimum Gasteiger partial charge on any atom is -0.460 e. The number of para-hydroxylation sites is 2. The maximum absolute atomic E-state index is 6.44. The zero-order valence-corrected chi connectivity index (χ0v) is 25.3. The van der Waals surface area contributed by atoms with E-state index in [1.807, 2.05) is 12.1 Å². The predicted octanol–water partition coefficient (Wildman–Crippen LogP) is 12.3. The van der Waals surface area contributed by atoms with Crippen LogP contribution in [0.1, 0.15) is 30.6 Å². The fourth-order valence-electron chi connectivity index (χ4n) is 7.56. The zero-order valence-electron chi connectivity index (χ0n) is 25.3. The summed E-state index contributed by atoms with van der Waals surface area (Å²) in [6.45, 7) is 2.25. The van der Waals surface area contributed by atoms with Crippen LogP contribution in [0.25, 0.3) is 88.7 Å². The van der Waals surface area contributed by atoms with Crippen LogP contribution in [-0.2, 0) is 0 Å². The number of hydrogen-bond acceptors (Lipinski definition) is 2. The quantitative estimate of drug-likeness (QED) is 0.205. The molecule has 0 saturated heterocycles. The first-order valence-electron chi connectivity index (χ1n) is 16.0. The van der Waals surface area contributed by atoms with Gasteiger partial charge < -0.3 is 13.4 Å². The van der Waals surface area contributed by atoms with Crippen molar-refractivity contribution in [1.82, 2.24) is 4.57 Å². The minimum absolute atomic E-state index is 0.387. The van der Waals surface area contributed by atoms with E-state index in [9.17, 15) is 0 Å². The Hall–Kier alpha value is -5.80. The van der Waals surface area contributed by atoms with Crippen molar-refractivity contribution in [3.05, 3.63) is 145 Å². The molecule has 1 aliphatic rings. The largest absolute Gasteiger partial charge is 0.460 e. The van der Waals surface area contributed by atoms with Gasteiger partial charge in [0, 0.05) is 44.1 Å². The number of hydrogen-bond donors (Lipinski definition) is 0. The summed E-state index contributed by atoms with van der Waals surface area (Å²) >= 11 is 0. The highest BCUT2D eigenvalue weighted by Crippen LogP contribution is 2.44. The summed E-state index contributed by atoms with van der Waals surface area (Å²) in [6.07, 6.45) is 5.56. The predicted molar refractivity (Wildman–Crippen MR) is 191 cm³/mol. The Morgan fingerprint density at radius 1 is 0.543 bits per heavy atom. The standard InChI is InChI=1S/C43H29NO2/c1-26-7-6-10-34-42-40(46-43(26)34)24-22-37-41(42)33-9-2-4-11-36(33)44(37)31-20-17-28(18-21-31)27-13-15-29(16-14-27)30-19-23-39-35(25-30)32-8-3-5-12-38(32)45-39/h2-6,8-26H,7H2,1H3. The van der Waals surface area contributed by atoms with Gasteiger partial charge in [0.2, 0.25) is 0 Å². The van der Waals surface area contributed by atoms with Gasteiger partial charge in [0.1, 0.15) is 22.5 Å². The lowest BCUT2D eigenvalue weighted by molar-refractivity contribution is 0.504. The molecule has 1 aliphatic carbocycles. The van der Waals surface area contributed by atoms with E-state index in [-0.39, 0.29) is 0 Å². The fraction of sp³-hybridized carbons (Fsp3) is 0.0698. The smallest absolute Gasteiger partial charge is 0.135 e. The Balaban J connectivity index is 1.04. The maximum Gasteiger partial charge on any atom is 0.135 e. The van der Waals surface area contributed by atoms with Crippen LogP contribution in [0.5, 0.6) is 0 Å². The molecule has 0 amide bonds. The molecule has 218 valence electrons. The van der Waals surface area contributed by atoms with E-state index in [0.29, 0.717) is 5.92 Å². The number of aromatic nitrogens is 1. The molecule has 3 aromatic heterocycles. The van der Waals surface area contributed by atoms with Crippen LogP contribution in [0.15, 0.2) is 142 Å². The maximum atomic E-state index is 6.44. The topological polar surface area (TPSA) is 31.2 Å². The van der Waals surface area contributed by atoms with Crippen LogP contribution in [0.3, 0.4) is 0 Å². The average Bonchev–Trinajstić information content (AvgIpc) is 3.78. The summed E-state index contributed by atoms with van der Waals surface area (Å²) in [5, 5.41) is 6.04. The lowest BCUT2D eigenvalue weighted by Gasteiger charge is -2.11. The van der Waals surface area contributed by atoms with Crippen LogP contribution in [0.2, 0.25) is 0 Å². The third-order valence-corrected chi connectivity index (χ3v) is 9.83. The van der Waals surface area contributed by atoms with Gasteiger partial charge in [0.25, 0.3) is 0 Å². The second-order valence-electron chi connectivity index (χ2n) is 12.5. The van der Waals surface area contributed by atoms with E-state index in [0.717, 1.165) is 45.4 Å². The van der Waals surface area contributed by atoms with Gasteiger partial charge in [-0.1, -0.05) is 97.9 Å². The second kappa shape index (κ2) is 9.60. The highest BCUT2D eigenvalue weighted by molar-refractivity contribution is 6.22. The first kappa shape index (κ1) is 25.5. The van der Waals surface area contributed by atoms with Crippen molar-refractivity contribution >= 4 is 60.8 Å². The van der Waals surface area contributed by atoms with Gasteiger partial charge in [-0.2, -0.15) is 0 Å². The summed E-state index contributed by atoms with van der Waals surface area (Å²) in [6, 6.07) is 45.6. The normalized spacial score (nSPS) is 14.7. The SMILES string of the molecule is CC1CC=Cc2c1oc1ccc3c(c4ccccc4n3-c3ccc(-c4ccc(-c5ccc6oc7ccccc7c6c5)cc4)cc3)c21. The van der Waals surface area contributed by atoms with E-state index in [2.05, 4.69) is 139 Å². The van der Waals surface area contributed by atoms with Gasteiger partial charge >= 0.3 is 0 Å². The van der Waals surface area contributed by atoms with Crippen LogP contribution in [-0.4, -0.2) is 4.57 Å². The molecule has 3 heterocycles. The van der Waals surface area contributed by atoms with E-state index in [1.54, 1.807) is 0 Å². The van der Waals surface area contributed by atoms with Crippen LogP contribution in [0.4, 0.5) is 0 Å². The highest BCUT2D eigenvalue weighted by atomic mass is 16.3. The van der Waals surface area contributed by atoms with Crippen molar-refractivity contribution in [1.29, 1.82) is 0 Å². The van der Waals surface area contributed by atoms with Gasteiger partial charge in [0.15, 0.2) is 0 Å². The Labute approximate surface area is 265 Å². The molecule has 1 atom stereocenters. The molecular formula is C43H29NO2. The Kier molecular flexibility index (Phi) is 5.32. The van der Waals surface area contributed by atoms with Crippen molar-refractivity contribution in [3.63, 3.8) is 0 Å². The van der Waals surface area contributed by atoms with Crippen molar-refractivity contribution in [2.24, 2.45) is 0 Å². The van der Waals surface area contributed by atoms with E-state index in [1.165, 1.54) is 55.0 Å². The number of allylic oxidation sites excluding steroid dienone is 1. The number of fused-ring (bicyclic) bond motifs is 10. The second-order valence-corrected chi connectivity index (χ2v) is 12.5. The summed E-state index contributed by atoms with van der Waals surface area (Å²) in [5.74, 6) is 1.49. The summed E-state index contributed by atoms with van der Waals surface area (Å²) in [5.41, 5.74) is 12.4. The fourth-order valence-corrected chi connectivity index (χ4v) is 7.56. The van der Waals surface area contributed by atoms with Gasteiger partial charge in [-0.05, 0) is 77.2 Å². The molecule has 3 nitrogen and oxygen atoms in total. The molecule has 0 radical (unpaired) electrons. The molecule has 9 aromatic rings. The third-order valence-electron chi connectivity index (χ3n) is 9.83. The minimum atomic E-state index is 0.387. The molecule has 0 bridgehead atoms. The highest BCUT2D eigenvalue weighted by Gasteiger charge is 2.24. The number of benzene rings is 6. The molecule has 0 aliphatic heterocycles. The number of furan rings is 2. The first-order chi connectivity index (χ1) is 22.7. The summed E-state index contributed by atoms with van der Waals surface area (Å²) < 4.78 is 14.9.